The number of fused-ring (bicyclic) bond motifs is 1. The fourth-order valence-corrected chi connectivity index (χ4v) is 2.76. The van der Waals surface area contributed by atoms with E-state index in [-0.39, 0.29) is 5.65 Å². The molecule has 1 aliphatic heterocycles. The van der Waals surface area contributed by atoms with Gasteiger partial charge < -0.3 is 10.2 Å². The molecule has 0 amide bonds. The molecule has 0 saturated carbocycles. The minimum atomic E-state index is -4.57. The van der Waals surface area contributed by atoms with Crippen molar-refractivity contribution < 1.29 is 13.2 Å². The molecule has 23 heavy (non-hydrogen) atoms. The maximum absolute atomic E-state index is 12.8. The zero-order valence-corrected chi connectivity index (χ0v) is 12.7. The largest absolute Gasteiger partial charge is 0.453 e. The van der Waals surface area contributed by atoms with Gasteiger partial charge in [0.05, 0.1) is 0 Å². The molecule has 3 heterocycles. The second-order valence-electron chi connectivity index (χ2n) is 5.69. The van der Waals surface area contributed by atoms with Crippen LogP contribution in [-0.2, 0) is 6.18 Å². The van der Waals surface area contributed by atoms with Crippen LogP contribution in [0.2, 0.25) is 0 Å². The van der Waals surface area contributed by atoms with Gasteiger partial charge in [0.15, 0.2) is 5.65 Å². The topological polar surface area (TPSA) is 58.4 Å². The molecule has 0 bridgehead atoms. The van der Waals surface area contributed by atoms with Crippen molar-refractivity contribution in [3.63, 3.8) is 0 Å². The van der Waals surface area contributed by atoms with Crippen LogP contribution in [0.1, 0.15) is 31.5 Å². The van der Waals surface area contributed by atoms with Gasteiger partial charge in [-0.2, -0.15) is 17.7 Å². The van der Waals surface area contributed by atoms with Crippen LogP contribution in [0.25, 0.3) is 5.65 Å². The number of anilines is 1. The van der Waals surface area contributed by atoms with Crippen molar-refractivity contribution >= 4 is 11.5 Å². The molecule has 1 fully saturated rings. The van der Waals surface area contributed by atoms with Crippen LogP contribution in [0.5, 0.6) is 0 Å². The van der Waals surface area contributed by atoms with Gasteiger partial charge in [-0.05, 0) is 38.1 Å². The van der Waals surface area contributed by atoms with Gasteiger partial charge in [0.1, 0.15) is 5.82 Å². The molecular formula is C14H19F3N6. The smallest absolute Gasteiger partial charge is 0.367 e. The third-order valence-electron chi connectivity index (χ3n) is 3.95. The van der Waals surface area contributed by atoms with E-state index in [2.05, 4.69) is 25.5 Å². The molecule has 3 rings (SSSR count). The fourth-order valence-electron chi connectivity index (χ4n) is 2.76. The number of hydrogen-bond donors (Lipinski definition) is 1. The number of aromatic nitrogens is 4. The van der Waals surface area contributed by atoms with Crippen LogP contribution < -0.4 is 5.32 Å². The van der Waals surface area contributed by atoms with E-state index in [0.29, 0.717) is 12.4 Å². The predicted octanol–water partition coefficient (Wildman–Crippen LogP) is 2.43. The fraction of sp³-hybridized carbons (Fsp3) is 0.643. The molecule has 6 nitrogen and oxygen atoms in total. The van der Waals surface area contributed by atoms with Crippen LogP contribution >= 0.6 is 0 Å². The highest BCUT2D eigenvalue weighted by Crippen LogP contribution is 2.27. The van der Waals surface area contributed by atoms with Crippen molar-refractivity contribution in [1.82, 2.24) is 24.7 Å². The monoisotopic (exact) mass is 328 g/mol. The summed E-state index contributed by atoms with van der Waals surface area (Å²) in [5.74, 6) is -0.721. The zero-order chi connectivity index (χ0) is 16.3. The molecule has 0 atom stereocenters. The highest BCUT2D eigenvalue weighted by atomic mass is 19.4. The van der Waals surface area contributed by atoms with Crippen molar-refractivity contribution in [2.75, 3.05) is 31.5 Å². The first-order chi connectivity index (χ1) is 11.0. The molecule has 0 aromatic carbocycles. The van der Waals surface area contributed by atoms with Crippen molar-refractivity contribution in [3.8, 4) is 0 Å². The molecule has 1 saturated heterocycles. The van der Waals surface area contributed by atoms with Crippen LogP contribution in [0.3, 0.4) is 0 Å². The first-order valence-corrected chi connectivity index (χ1v) is 7.80. The van der Waals surface area contributed by atoms with Gasteiger partial charge in [-0.3, -0.25) is 0 Å². The van der Waals surface area contributed by atoms with Gasteiger partial charge in [0, 0.05) is 13.1 Å². The average molecular weight is 328 g/mol. The number of likely N-dealkylation sites (tertiary alicyclic amines) is 1. The zero-order valence-electron chi connectivity index (χ0n) is 12.7. The Labute approximate surface area is 131 Å². The molecule has 2 aromatic rings. The summed E-state index contributed by atoms with van der Waals surface area (Å²) < 4.78 is 39.2. The molecule has 0 unspecified atom stereocenters. The Morgan fingerprint density at radius 3 is 2.48 bits per heavy atom. The van der Waals surface area contributed by atoms with E-state index in [1.165, 1.54) is 31.7 Å². The number of hydrogen-bond acceptors (Lipinski definition) is 5. The minimum Gasteiger partial charge on any atom is -0.367 e. The molecular weight excluding hydrogens is 309 g/mol. The maximum Gasteiger partial charge on any atom is 0.453 e. The van der Waals surface area contributed by atoms with E-state index >= 15 is 0 Å². The van der Waals surface area contributed by atoms with Crippen LogP contribution in [0.4, 0.5) is 19.0 Å². The summed E-state index contributed by atoms with van der Waals surface area (Å²) in [5.41, 5.74) is 0.0791. The lowest BCUT2D eigenvalue weighted by Crippen LogP contribution is -2.30. The maximum atomic E-state index is 12.8. The summed E-state index contributed by atoms with van der Waals surface area (Å²) in [4.78, 5) is 2.37. The van der Waals surface area contributed by atoms with Gasteiger partial charge in [-0.25, -0.2) is 0 Å². The van der Waals surface area contributed by atoms with Crippen molar-refractivity contribution in [2.24, 2.45) is 0 Å². The second kappa shape index (κ2) is 6.69. The summed E-state index contributed by atoms with van der Waals surface area (Å²) >= 11 is 0. The van der Waals surface area contributed by atoms with Gasteiger partial charge in [-0.1, -0.05) is 12.8 Å². The molecule has 0 spiro atoms. The first-order valence-electron chi connectivity index (χ1n) is 7.80. The Kier molecular flexibility index (Phi) is 4.65. The predicted molar refractivity (Wildman–Crippen MR) is 79.2 cm³/mol. The van der Waals surface area contributed by atoms with Crippen molar-refractivity contribution in [1.29, 1.82) is 0 Å². The van der Waals surface area contributed by atoms with E-state index in [1.54, 1.807) is 6.07 Å². The number of halogens is 3. The van der Waals surface area contributed by atoms with E-state index in [4.69, 9.17) is 0 Å². The number of alkyl halides is 3. The SMILES string of the molecule is FC(F)(F)c1nnc2ccc(NCCN3CCCCCC3)nn12. The molecule has 9 heteroatoms. The summed E-state index contributed by atoms with van der Waals surface area (Å²) in [7, 11) is 0. The summed E-state index contributed by atoms with van der Waals surface area (Å²) in [6, 6.07) is 3.09. The van der Waals surface area contributed by atoms with Crippen LogP contribution in [0, 0.1) is 0 Å². The Hall–Kier alpha value is -1.90. The quantitative estimate of drug-likeness (QED) is 0.934. The molecule has 126 valence electrons. The Balaban J connectivity index is 1.64. The van der Waals surface area contributed by atoms with Gasteiger partial charge >= 0.3 is 6.18 Å². The Morgan fingerprint density at radius 1 is 1.04 bits per heavy atom. The molecule has 1 N–H and O–H groups in total. The first kappa shape index (κ1) is 16.0. The van der Waals surface area contributed by atoms with E-state index in [1.807, 2.05) is 0 Å². The van der Waals surface area contributed by atoms with E-state index in [0.717, 1.165) is 24.1 Å². The lowest BCUT2D eigenvalue weighted by Gasteiger charge is -2.19. The lowest BCUT2D eigenvalue weighted by molar-refractivity contribution is -0.146. The molecule has 0 radical (unpaired) electrons. The third kappa shape index (κ3) is 3.90. The highest BCUT2D eigenvalue weighted by molar-refractivity contribution is 5.44. The summed E-state index contributed by atoms with van der Waals surface area (Å²) in [5, 5.41) is 13.7. The van der Waals surface area contributed by atoms with E-state index < -0.39 is 12.0 Å². The van der Waals surface area contributed by atoms with Crippen LogP contribution in [0.15, 0.2) is 12.1 Å². The van der Waals surface area contributed by atoms with Crippen LogP contribution in [-0.4, -0.2) is 50.9 Å². The Morgan fingerprint density at radius 2 is 1.78 bits per heavy atom. The number of nitrogens with one attached hydrogen (secondary N) is 1. The normalized spacial score (nSPS) is 17.3. The highest BCUT2D eigenvalue weighted by Gasteiger charge is 2.37. The number of rotatable bonds is 4. The van der Waals surface area contributed by atoms with Crippen molar-refractivity contribution in [3.05, 3.63) is 18.0 Å². The number of nitrogens with zero attached hydrogens (tertiary/aromatic N) is 5. The van der Waals surface area contributed by atoms with Crippen molar-refractivity contribution in [2.45, 2.75) is 31.9 Å². The standard InChI is InChI=1S/C14H19F3N6/c15-14(16,17)13-20-19-12-6-5-11(21-23(12)13)18-7-10-22-8-3-1-2-4-9-22/h5-6H,1-4,7-10H2,(H,18,21). The van der Waals surface area contributed by atoms with Gasteiger partial charge in [0.25, 0.3) is 5.82 Å². The molecule has 0 aliphatic carbocycles. The van der Waals surface area contributed by atoms with Gasteiger partial charge in [0.2, 0.25) is 0 Å². The van der Waals surface area contributed by atoms with Gasteiger partial charge in [-0.15, -0.1) is 15.3 Å². The average Bonchev–Trinajstić information content (AvgIpc) is 2.76. The summed E-state index contributed by atoms with van der Waals surface area (Å²) in [6.45, 7) is 3.66. The molecule has 1 aliphatic rings. The second-order valence-corrected chi connectivity index (χ2v) is 5.69. The Bertz CT molecular complexity index is 645. The third-order valence-corrected chi connectivity index (χ3v) is 3.95. The van der Waals surface area contributed by atoms with E-state index in [9.17, 15) is 13.2 Å². The minimum absolute atomic E-state index is 0.0791. The lowest BCUT2D eigenvalue weighted by atomic mass is 10.2. The summed E-state index contributed by atoms with van der Waals surface area (Å²) in [6.07, 6.45) is 0.392. The molecule has 2 aromatic heterocycles.